The number of hydrogen-bond acceptors (Lipinski definition) is 4. The molecule has 0 aromatic heterocycles. The fourth-order valence-electron chi connectivity index (χ4n) is 4.05. The van der Waals surface area contributed by atoms with Crippen molar-refractivity contribution in [1.29, 1.82) is 0 Å². The molecule has 5 rings (SSSR count). The molecular formula is C29H22N2O4. The highest BCUT2D eigenvalue weighted by atomic mass is 16.5. The topological polar surface area (TPSA) is 75.7 Å². The fraction of sp³-hybridized carbons (Fsp3) is 0.0690. The van der Waals surface area contributed by atoms with Crippen molar-refractivity contribution in [3.05, 3.63) is 113 Å². The minimum atomic E-state index is -0.776. The average molecular weight is 463 g/mol. The van der Waals surface area contributed by atoms with E-state index in [4.69, 9.17) is 4.74 Å². The van der Waals surface area contributed by atoms with Gasteiger partial charge in [-0.2, -0.15) is 0 Å². The fourth-order valence-corrected chi connectivity index (χ4v) is 4.05. The van der Waals surface area contributed by atoms with Crippen LogP contribution in [0.5, 0.6) is 5.75 Å². The number of imide groups is 2. The number of urea groups is 1. The molecule has 1 N–H and O–H groups in total. The van der Waals surface area contributed by atoms with Gasteiger partial charge in [-0.15, -0.1) is 0 Å². The van der Waals surface area contributed by atoms with Gasteiger partial charge in [-0.3, -0.25) is 14.9 Å². The first kappa shape index (κ1) is 22.1. The van der Waals surface area contributed by atoms with E-state index in [1.165, 1.54) is 6.08 Å². The van der Waals surface area contributed by atoms with Gasteiger partial charge in [0.1, 0.15) is 17.9 Å². The zero-order valence-corrected chi connectivity index (χ0v) is 19.0. The normalized spacial score (nSPS) is 14.9. The molecular weight excluding hydrogens is 440 g/mol. The predicted octanol–water partition coefficient (Wildman–Crippen LogP) is 5.39. The molecule has 0 saturated carbocycles. The Balaban J connectivity index is 1.45. The average Bonchev–Trinajstić information content (AvgIpc) is 2.87. The molecule has 1 heterocycles. The molecule has 1 aliphatic heterocycles. The summed E-state index contributed by atoms with van der Waals surface area (Å²) in [5.41, 5.74) is 2.81. The second kappa shape index (κ2) is 9.27. The Labute approximate surface area is 202 Å². The molecule has 1 saturated heterocycles. The van der Waals surface area contributed by atoms with Crippen molar-refractivity contribution < 1.29 is 19.1 Å². The van der Waals surface area contributed by atoms with Crippen LogP contribution in [0.15, 0.2) is 96.6 Å². The van der Waals surface area contributed by atoms with Gasteiger partial charge in [0.05, 0.1) is 5.69 Å². The highest BCUT2D eigenvalue weighted by Gasteiger charge is 2.36. The van der Waals surface area contributed by atoms with Crippen LogP contribution in [0.1, 0.15) is 16.7 Å². The second-order valence-electron chi connectivity index (χ2n) is 8.26. The molecule has 1 fully saturated rings. The SMILES string of the molecule is Cc1ccc(N2C(=O)NC(=O)/C(=C\c3ccccc3OCc3cccc4ccccc34)C2=O)cc1. The van der Waals surface area contributed by atoms with Crippen molar-refractivity contribution in [3.8, 4) is 5.75 Å². The lowest BCUT2D eigenvalue weighted by Gasteiger charge is -2.26. The zero-order valence-electron chi connectivity index (χ0n) is 19.0. The van der Waals surface area contributed by atoms with Crippen LogP contribution in [0, 0.1) is 6.92 Å². The highest BCUT2D eigenvalue weighted by molar-refractivity contribution is 6.39. The lowest BCUT2D eigenvalue weighted by molar-refractivity contribution is -0.122. The Bertz CT molecular complexity index is 1480. The van der Waals surface area contributed by atoms with Crippen LogP contribution >= 0.6 is 0 Å². The van der Waals surface area contributed by atoms with Crippen molar-refractivity contribution in [3.63, 3.8) is 0 Å². The molecule has 1 aliphatic rings. The maximum Gasteiger partial charge on any atom is 0.335 e. The summed E-state index contributed by atoms with van der Waals surface area (Å²) in [4.78, 5) is 39.2. The summed E-state index contributed by atoms with van der Waals surface area (Å²) >= 11 is 0. The Morgan fingerprint density at radius 2 is 1.54 bits per heavy atom. The molecule has 4 amide bonds. The van der Waals surface area contributed by atoms with Crippen LogP contribution in [-0.2, 0) is 16.2 Å². The van der Waals surface area contributed by atoms with Crippen LogP contribution < -0.4 is 15.0 Å². The van der Waals surface area contributed by atoms with Gasteiger partial charge in [0.25, 0.3) is 11.8 Å². The summed E-state index contributed by atoms with van der Waals surface area (Å²) in [6, 6.07) is 27.4. The van der Waals surface area contributed by atoms with Gasteiger partial charge in [-0.1, -0.05) is 78.4 Å². The minimum absolute atomic E-state index is 0.147. The molecule has 4 aromatic carbocycles. The van der Waals surface area contributed by atoms with Crippen molar-refractivity contribution in [2.75, 3.05) is 4.90 Å². The summed E-state index contributed by atoms with van der Waals surface area (Å²) < 4.78 is 6.12. The zero-order chi connectivity index (χ0) is 24.4. The first-order chi connectivity index (χ1) is 17.0. The molecule has 172 valence electrons. The second-order valence-corrected chi connectivity index (χ2v) is 8.26. The maximum absolute atomic E-state index is 13.2. The molecule has 0 radical (unpaired) electrons. The standard InChI is InChI=1S/C29H22N2O4/c1-19-13-15-23(16-14-19)31-28(33)25(27(32)30-29(31)34)17-21-8-3-5-12-26(21)35-18-22-10-6-9-20-7-2-4-11-24(20)22/h2-17H,18H2,1H3,(H,30,32,34)/b25-17+. The van der Waals surface area contributed by atoms with Crippen molar-refractivity contribution >= 4 is 40.4 Å². The van der Waals surface area contributed by atoms with Crippen molar-refractivity contribution in [2.45, 2.75) is 13.5 Å². The van der Waals surface area contributed by atoms with E-state index < -0.39 is 17.8 Å². The number of amides is 4. The number of fused-ring (bicyclic) bond motifs is 1. The van der Waals surface area contributed by atoms with Crippen LogP contribution in [0.25, 0.3) is 16.8 Å². The first-order valence-electron chi connectivity index (χ1n) is 11.2. The molecule has 0 atom stereocenters. The largest absolute Gasteiger partial charge is 0.488 e. The number of rotatable bonds is 5. The smallest absolute Gasteiger partial charge is 0.335 e. The third-order valence-electron chi connectivity index (χ3n) is 5.88. The number of anilines is 1. The number of nitrogens with one attached hydrogen (secondary N) is 1. The quantitative estimate of drug-likeness (QED) is 0.319. The minimum Gasteiger partial charge on any atom is -0.488 e. The van der Waals surface area contributed by atoms with E-state index >= 15 is 0 Å². The van der Waals surface area contributed by atoms with Gasteiger partial charge >= 0.3 is 6.03 Å². The molecule has 0 unspecified atom stereocenters. The van der Waals surface area contributed by atoms with Crippen LogP contribution in [-0.4, -0.2) is 17.8 Å². The number of carbonyl (C=O) groups is 3. The third kappa shape index (κ3) is 4.42. The Morgan fingerprint density at radius 3 is 2.37 bits per heavy atom. The van der Waals surface area contributed by atoms with E-state index in [-0.39, 0.29) is 5.57 Å². The van der Waals surface area contributed by atoms with Gasteiger partial charge in [0, 0.05) is 5.56 Å². The summed E-state index contributed by atoms with van der Waals surface area (Å²) in [5.74, 6) is -0.911. The first-order valence-corrected chi connectivity index (χ1v) is 11.2. The van der Waals surface area contributed by atoms with Gasteiger partial charge in [0.15, 0.2) is 0 Å². The van der Waals surface area contributed by atoms with Crippen LogP contribution in [0.3, 0.4) is 0 Å². The lowest BCUT2D eigenvalue weighted by atomic mass is 10.0. The number of benzene rings is 4. The van der Waals surface area contributed by atoms with Crippen molar-refractivity contribution in [2.24, 2.45) is 0 Å². The summed E-state index contributed by atoms with van der Waals surface area (Å²) in [5, 5.41) is 4.48. The number of para-hydroxylation sites is 1. The molecule has 6 nitrogen and oxygen atoms in total. The van der Waals surface area contributed by atoms with E-state index in [1.54, 1.807) is 42.5 Å². The molecule has 0 bridgehead atoms. The number of carbonyl (C=O) groups excluding carboxylic acids is 3. The highest BCUT2D eigenvalue weighted by Crippen LogP contribution is 2.27. The number of barbiturate groups is 1. The Kier molecular flexibility index (Phi) is 5.85. The number of hydrogen-bond donors (Lipinski definition) is 1. The van der Waals surface area contributed by atoms with E-state index in [9.17, 15) is 14.4 Å². The molecule has 4 aromatic rings. The molecule has 0 spiro atoms. The van der Waals surface area contributed by atoms with E-state index in [2.05, 4.69) is 5.32 Å². The Hall–Kier alpha value is -4.71. The lowest BCUT2D eigenvalue weighted by Crippen LogP contribution is -2.54. The molecule has 35 heavy (non-hydrogen) atoms. The molecule has 0 aliphatic carbocycles. The van der Waals surface area contributed by atoms with Crippen molar-refractivity contribution in [1.82, 2.24) is 5.32 Å². The molecule has 6 heteroatoms. The summed E-state index contributed by atoms with van der Waals surface area (Å²) in [7, 11) is 0. The van der Waals surface area contributed by atoms with Gasteiger partial charge in [0.2, 0.25) is 0 Å². The third-order valence-corrected chi connectivity index (χ3v) is 5.88. The Morgan fingerprint density at radius 1 is 0.829 bits per heavy atom. The van der Waals surface area contributed by atoms with Gasteiger partial charge in [-0.05, 0) is 47.5 Å². The van der Waals surface area contributed by atoms with Gasteiger partial charge in [-0.25, -0.2) is 9.69 Å². The van der Waals surface area contributed by atoms with E-state index in [0.29, 0.717) is 23.6 Å². The number of aryl methyl sites for hydroxylation is 1. The monoisotopic (exact) mass is 462 g/mol. The predicted molar refractivity (Wildman–Crippen MR) is 135 cm³/mol. The van der Waals surface area contributed by atoms with Gasteiger partial charge < -0.3 is 4.74 Å². The summed E-state index contributed by atoms with van der Waals surface area (Å²) in [6.45, 7) is 2.22. The number of nitrogens with zero attached hydrogens (tertiary/aromatic N) is 1. The number of ether oxygens (including phenoxy) is 1. The maximum atomic E-state index is 13.2. The summed E-state index contributed by atoms with van der Waals surface area (Å²) in [6.07, 6.45) is 1.46. The van der Waals surface area contributed by atoms with Crippen LogP contribution in [0.4, 0.5) is 10.5 Å². The van der Waals surface area contributed by atoms with Crippen LogP contribution in [0.2, 0.25) is 0 Å². The van der Waals surface area contributed by atoms with E-state index in [0.717, 1.165) is 26.8 Å². The van der Waals surface area contributed by atoms with E-state index in [1.807, 2.05) is 55.5 Å².